The van der Waals surface area contributed by atoms with Gasteiger partial charge in [0, 0.05) is 19.3 Å². The number of ether oxygens (including phenoxy) is 3. The van der Waals surface area contributed by atoms with Gasteiger partial charge < -0.3 is 14.2 Å². The molecule has 1 atom stereocenters. The number of hydrogen-bond donors (Lipinski definition) is 0. The highest BCUT2D eigenvalue weighted by Gasteiger charge is 2.19. The lowest BCUT2D eigenvalue weighted by Crippen LogP contribution is -2.30. The average molecular weight is 843 g/mol. The van der Waals surface area contributed by atoms with E-state index in [1.165, 1.54) is 161 Å². The van der Waals surface area contributed by atoms with Gasteiger partial charge in [0.2, 0.25) is 0 Å². The van der Waals surface area contributed by atoms with Crippen molar-refractivity contribution in [2.24, 2.45) is 0 Å². The van der Waals surface area contributed by atoms with Crippen LogP contribution in [0.1, 0.15) is 271 Å². The van der Waals surface area contributed by atoms with E-state index < -0.39 is 6.10 Å². The van der Waals surface area contributed by atoms with Crippen LogP contribution in [0.4, 0.5) is 0 Å². The van der Waals surface area contributed by atoms with Crippen molar-refractivity contribution in [3.63, 3.8) is 0 Å². The maximum absolute atomic E-state index is 12.8. The van der Waals surface area contributed by atoms with E-state index in [0.717, 1.165) is 70.6 Å². The van der Waals surface area contributed by atoms with Gasteiger partial charge in [0.15, 0.2) is 6.10 Å². The standard InChI is InChI=1S/C54H98O6/c1-4-7-10-13-16-19-22-24-25-26-27-28-29-30-33-35-38-41-44-47-53(56)59-50-51(49-58-52(55)46-43-40-37-34-31-21-18-15-12-9-6-3)60-54(57)48-45-42-39-36-32-23-20-17-14-11-8-5-2/h15-16,18-19,24-25,51H,4-14,17,20-23,26-50H2,1-3H3/b18-15-,19-16-,25-24-/t51-/m0/s1. The maximum atomic E-state index is 12.8. The summed E-state index contributed by atoms with van der Waals surface area (Å²) in [6.07, 6.45) is 57.0. The van der Waals surface area contributed by atoms with E-state index in [1.807, 2.05) is 0 Å². The largest absolute Gasteiger partial charge is 0.462 e. The second-order valence-corrected chi connectivity index (χ2v) is 17.4. The SMILES string of the molecule is CCCC/C=C\CCCCCCCC(=O)OC[C@@H](COC(=O)CCCCCCCCCCC/C=C\C/C=C\CCCCC)OC(=O)CCCCCCCCCCCCCC. The zero-order chi connectivity index (χ0) is 43.7. The van der Waals surface area contributed by atoms with Crippen LogP contribution < -0.4 is 0 Å². The summed E-state index contributed by atoms with van der Waals surface area (Å²) in [4.78, 5) is 37.9. The normalized spacial score (nSPS) is 12.2. The molecule has 0 aliphatic rings. The Morgan fingerprint density at radius 1 is 0.333 bits per heavy atom. The van der Waals surface area contributed by atoms with Gasteiger partial charge in [0.1, 0.15) is 13.2 Å². The van der Waals surface area contributed by atoms with Gasteiger partial charge >= 0.3 is 17.9 Å². The van der Waals surface area contributed by atoms with E-state index in [0.29, 0.717) is 19.3 Å². The first-order chi connectivity index (χ1) is 29.5. The summed E-state index contributed by atoms with van der Waals surface area (Å²) < 4.78 is 16.8. The van der Waals surface area contributed by atoms with Crippen molar-refractivity contribution in [3.05, 3.63) is 36.5 Å². The van der Waals surface area contributed by atoms with Crippen molar-refractivity contribution in [3.8, 4) is 0 Å². The monoisotopic (exact) mass is 843 g/mol. The number of rotatable bonds is 47. The van der Waals surface area contributed by atoms with Gasteiger partial charge in [0.25, 0.3) is 0 Å². The van der Waals surface area contributed by atoms with Gasteiger partial charge in [-0.15, -0.1) is 0 Å². The van der Waals surface area contributed by atoms with Crippen LogP contribution in [0.15, 0.2) is 36.5 Å². The number of carbonyl (C=O) groups excluding carboxylic acids is 3. The molecule has 0 aromatic rings. The van der Waals surface area contributed by atoms with E-state index in [2.05, 4.69) is 57.2 Å². The number of unbranched alkanes of at least 4 members (excludes halogenated alkanes) is 30. The fourth-order valence-electron chi connectivity index (χ4n) is 7.39. The van der Waals surface area contributed by atoms with Crippen molar-refractivity contribution < 1.29 is 28.6 Å². The third-order valence-electron chi connectivity index (χ3n) is 11.4. The molecule has 0 saturated heterocycles. The lowest BCUT2D eigenvalue weighted by molar-refractivity contribution is -0.167. The minimum atomic E-state index is -0.772. The Hall–Kier alpha value is -2.37. The Labute approximate surface area is 372 Å². The summed E-state index contributed by atoms with van der Waals surface area (Å²) in [5.74, 6) is -0.879. The molecule has 0 aromatic heterocycles. The minimum Gasteiger partial charge on any atom is -0.462 e. The maximum Gasteiger partial charge on any atom is 0.306 e. The van der Waals surface area contributed by atoms with Gasteiger partial charge in [-0.2, -0.15) is 0 Å². The molecule has 0 N–H and O–H groups in total. The number of esters is 3. The van der Waals surface area contributed by atoms with Gasteiger partial charge in [-0.3, -0.25) is 14.4 Å². The molecule has 0 unspecified atom stereocenters. The molecule has 0 bridgehead atoms. The Kier molecular flexibility index (Phi) is 47.3. The first kappa shape index (κ1) is 57.6. The van der Waals surface area contributed by atoms with Crippen LogP contribution in [0.25, 0.3) is 0 Å². The highest BCUT2D eigenvalue weighted by atomic mass is 16.6. The molecule has 6 heteroatoms. The van der Waals surface area contributed by atoms with E-state index in [9.17, 15) is 14.4 Å². The first-order valence-corrected chi connectivity index (χ1v) is 26.0. The van der Waals surface area contributed by atoms with Gasteiger partial charge in [-0.05, 0) is 70.6 Å². The second kappa shape index (κ2) is 49.3. The van der Waals surface area contributed by atoms with E-state index in [1.54, 1.807) is 0 Å². The summed E-state index contributed by atoms with van der Waals surface area (Å²) in [6.45, 7) is 6.58. The van der Waals surface area contributed by atoms with Crippen LogP contribution in [-0.2, 0) is 28.6 Å². The van der Waals surface area contributed by atoms with Gasteiger partial charge in [-0.1, -0.05) is 218 Å². The summed E-state index contributed by atoms with van der Waals surface area (Å²) in [5, 5.41) is 0. The molecule has 0 radical (unpaired) electrons. The Morgan fingerprint density at radius 3 is 1.02 bits per heavy atom. The number of carbonyl (C=O) groups is 3. The predicted octanol–water partition coefficient (Wildman–Crippen LogP) is 16.9. The van der Waals surface area contributed by atoms with E-state index in [4.69, 9.17) is 14.2 Å². The zero-order valence-corrected chi connectivity index (χ0v) is 40.0. The Morgan fingerprint density at radius 2 is 0.617 bits per heavy atom. The van der Waals surface area contributed by atoms with Crippen LogP contribution >= 0.6 is 0 Å². The van der Waals surface area contributed by atoms with Crippen molar-refractivity contribution in [1.29, 1.82) is 0 Å². The van der Waals surface area contributed by atoms with Gasteiger partial charge in [-0.25, -0.2) is 0 Å². The third kappa shape index (κ3) is 46.7. The predicted molar refractivity (Wildman–Crippen MR) is 256 cm³/mol. The molecule has 0 aromatic carbocycles. The van der Waals surface area contributed by atoms with Crippen LogP contribution in [-0.4, -0.2) is 37.2 Å². The highest BCUT2D eigenvalue weighted by Crippen LogP contribution is 2.15. The fraction of sp³-hybridized carbons (Fsp3) is 0.833. The average Bonchev–Trinajstić information content (AvgIpc) is 3.24. The van der Waals surface area contributed by atoms with Crippen molar-refractivity contribution in [2.45, 2.75) is 277 Å². The fourth-order valence-corrected chi connectivity index (χ4v) is 7.39. The lowest BCUT2D eigenvalue weighted by atomic mass is 10.0. The third-order valence-corrected chi connectivity index (χ3v) is 11.4. The molecular formula is C54H98O6. The topological polar surface area (TPSA) is 78.9 Å². The summed E-state index contributed by atoms with van der Waals surface area (Å²) >= 11 is 0. The van der Waals surface area contributed by atoms with Crippen molar-refractivity contribution >= 4 is 17.9 Å². The van der Waals surface area contributed by atoms with Crippen LogP contribution in [0, 0.1) is 0 Å². The highest BCUT2D eigenvalue weighted by molar-refractivity contribution is 5.71. The molecule has 350 valence electrons. The molecule has 60 heavy (non-hydrogen) atoms. The van der Waals surface area contributed by atoms with Crippen molar-refractivity contribution in [2.75, 3.05) is 13.2 Å². The molecule has 0 rings (SSSR count). The van der Waals surface area contributed by atoms with Gasteiger partial charge in [0.05, 0.1) is 0 Å². The Bertz CT molecular complexity index is 1020. The molecule has 0 heterocycles. The molecule has 0 saturated carbocycles. The minimum absolute atomic E-state index is 0.0743. The summed E-state index contributed by atoms with van der Waals surface area (Å²) in [6, 6.07) is 0. The molecule has 0 spiro atoms. The number of hydrogen-bond acceptors (Lipinski definition) is 6. The first-order valence-electron chi connectivity index (χ1n) is 26.0. The summed E-state index contributed by atoms with van der Waals surface area (Å²) in [7, 11) is 0. The Balaban J connectivity index is 4.30. The molecule has 6 nitrogen and oxygen atoms in total. The van der Waals surface area contributed by atoms with Crippen molar-refractivity contribution in [1.82, 2.24) is 0 Å². The van der Waals surface area contributed by atoms with E-state index >= 15 is 0 Å². The molecular weight excluding hydrogens is 745 g/mol. The zero-order valence-electron chi connectivity index (χ0n) is 40.0. The molecule has 0 fully saturated rings. The second-order valence-electron chi connectivity index (χ2n) is 17.4. The molecule has 0 amide bonds. The van der Waals surface area contributed by atoms with Crippen LogP contribution in [0.2, 0.25) is 0 Å². The molecule has 0 aliphatic heterocycles. The quantitative estimate of drug-likeness (QED) is 0.0263. The van der Waals surface area contributed by atoms with E-state index in [-0.39, 0.29) is 31.1 Å². The number of allylic oxidation sites excluding steroid dienone is 6. The molecule has 0 aliphatic carbocycles. The van der Waals surface area contributed by atoms with Crippen LogP contribution in [0.5, 0.6) is 0 Å². The van der Waals surface area contributed by atoms with Crippen LogP contribution in [0.3, 0.4) is 0 Å². The summed E-state index contributed by atoms with van der Waals surface area (Å²) in [5.41, 5.74) is 0. The smallest absolute Gasteiger partial charge is 0.306 e. The lowest BCUT2D eigenvalue weighted by Gasteiger charge is -2.18.